The van der Waals surface area contributed by atoms with Crippen molar-refractivity contribution in [3.63, 3.8) is 0 Å². The van der Waals surface area contributed by atoms with Crippen LogP contribution in [-0.4, -0.2) is 59.0 Å². The van der Waals surface area contributed by atoms with Crippen molar-refractivity contribution >= 4 is 12.0 Å². The van der Waals surface area contributed by atoms with Gasteiger partial charge in [0.1, 0.15) is 0 Å². The van der Waals surface area contributed by atoms with Gasteiger partial charge in [-0.2, -0.15) is 5.10 Å². The third-order valence-electron chi connectivity index (χ3n) is 6.79. The van der Waals surface area contributed by atoms with Gasteiger partial charge in [0.2, 0.25) is 5.91 Å². The molecule has 2 fully saturated rings. The molecule has 1 N–H and O–H groups in total. The minimum atomic E-state index is -0.0471. The number of para-hydroxylation sites is 1. The van der Waals surface area contributed by atoms with Crippen LogP contribution in [-0.2, 0) is 9.53 Å². The Balaban J connectivity index is 1.43. The van der Waals surface area contributed by atoms with Crippen LogP contribution in [0, 0.1) is 13.8 Å². The summed E-state index contributed by atoms with van der Waals surface area (Å²) < 4.78 is 7.56. The van der Waals surface area contributed by atoms with Crippen LogP contribution >= 0.6 is 0 Å². The molecule has 1 amide bonds. The Bertz CT molecular complexity index is 907. The van der Waals surface area contributed by atoms with Crippen LogP contribution in [0.3, 0.4) is 0 Å². The quantitative estimate of drug-likeness (QED) is 0.722. The van der Waals surface area contributed by atoms with E-state index in [1.807, 2.05) is 54.9 Å². The highest BCUT2D eigenvalue weighted by molar-refractivity contribution is 5.92. The van der Waals surface area contributed by atoms with Crippen molar-refractivity contribution in [2.45, 2.75) is 51.5 Å². The highest BCUT2D eigenvalue weighted by Crippen LogP contribution is 2.30. The third kappa shape index (κ3) is 4.91. The smallest absolute Gasteiger partial charge is 0.244 e. The van der Waals surface area contributed by atoms with Crippen molar-refractivity contribution in [2.75, 3.05) is 32.8 Å². The van der Waals surface area contributed by atoms with Gasteiger partial charge in [0.05, 0.1) is 11.4 Å². The van der Waals surface area contributed by atoms with E-state index >= 15 is 0 Å². The predicted octanol–water partition coefficient (Wildman–Crippen LogP) is 3.65. The molecule has 31 heavy (non-hydrogen) atoms. The van der Waals surface area contributed by atoms with Crippen LogP contribution in [0.4, 0.5) is 0 Å². The van der Waals surface area contributed by atoms with Gasteiger partial charge >= 0.3 is 0 Å². The topological polar surface area (TPSA) is 59.4 Å². The van der Waals surface area contributed by atoms with E-state index in [-0.39, 0.29) is 11.4 Å². The van der Waals surface area contributed by atoms with Crippen LogP contribution in [0.1, 0.15) is 49.1 Å². The van der Waals surface area contributed by atoms with Crippen molar-refractivity contribution in [1.29, 1.82) is 0 Å². The SMILES string of the molecule is Cc1nn(-c2ccccc2)c(C)c1/C=C/C(=O)NCC1(N2CCCCC2)CCOCC1. The molecule has 1 aromatic carbocycles. The zero-order valence-electron chi connectivity index (χ0n) is 18.8. The Morgan fingerprint density at radius 3 is 2.55 bits per heavy atom. The minimum Gasteiger partial charge on any atom is -0.381 e. The number of hydrogen-bond donors (Lipinski definition) is 1. The molecule has 4 rings (SSSR count). The van der Waals surface area contributed by atoms with E-state index in [1.165, 1.54) is 19.3 Å². The fourth-order valence-corrected chi connectivity index (χ4v) is 4.91. The molecule has 0 bridgehead atoms. The molecule has 1 aromatic heterocycles. The summed E-state index contributed by atoms with van der Waals surface area (Å²) in [6, 6.07) is 10.1. The Hall–Kier alpha value is -2.44. The van der Waals surface area contributed by atoms with E-state index < -0.39 is 0 Å². The molecule has 6 heteroatoms. The molecule has 0 atom stereocenters. The second-order valence-electron chi connectivity index (χ2n) is 8.77. The number of hydrogen-bond acceptors (Lipinski definition) is 4. The Morgan fingerprint density at radius 2 is 1.84 bits per heavy atom. The van der Waals surface area contributed by atoms with Gasteiger partial charge in [-0.25, -0.2) is 4.68 Å². The number of carbonyl (C=O) groups is 1. The number of carbonyl (C=O) groups excluding carboxylic acids is 1. The Kier molecular flexibility index (Phi) is 6.88. The summed E-state index contributed by atoms with van der Waals surface area (Å²) in [4.78, 5) is 15.3. The van der Waals surface area contributed by atoms with Crippen molar-refractivity contribution in [3.05, 3.63) is 53.4 Å². The van der Waals surface area contributed by atoms with Gasteiger partial charge in [0.15, 0.2) is 0 Å². The minimum absolute atomic E-state index is 0.0339. The summed E-state index contributed by atoms with van der Waals surface area (Å²) in [7, 11) is 0. The van der Waals surface area contributed by atoms with Crippen molar-refractivity contribution in [1.82, 2.24) is 20.0 Å². The summed E-state index contributed by atoms with van der Waals surface area (Å²) in [5, 5.41) is 7.85. The fraction of sp³-hybridized carbons (Fsp3) is 0.520. The Morgan fingerprint density at radius 1 is 1.13 bits per heavy atom. The molecule has 0 radical (unpaired) electrons. The van der Waals surface area contributed by atoms with E-state index in [2.05, 4.69) is 15.3 Å². The summed E-state index contributed by atoms with van der Waals surface area (Å²) in [5.74, 6) is -0.0471. The van der Waals surface area contributed by atoms with Crippen molar-refractivity contribution in [2.24, 2.45) is 0 Å². The average Bonchev–Trinajstić information content (AvgIpc) is 3.11. The highest BCUT2D eigenvalue weighted by atomic mass is 16.5. The average molecular weight is 423 g/mol. The number of nitrogens with zero attached hydrogens (tertiary/aromatic N) is 3. The van der Waals surface area contributed by atoms with E-state index in [9.17, 15) is 4.79 Å². The normalized spacial score (nSPS) is 19.5. The maximum Gasteiger partial charge on any atom is 0.244 e. The molecule has 0 saturated carbocycles. The lowest BCUT2D eigenvalue weighted by atomic mass is 9.86. The number of likely N-dealkylation sites (tertiary alicyclic amines) is 1. The lowest BCUT2D eigenvalue weighted by molar-refractivity contribution is -0.118. The van der Waals surface area contributed by atoms with Crippen molar-refractivity contribution in [3.8, 4) is 5.69 Å². The molecule has 166 valence electrons. The van der Waals surface area contributed by atoms with Crippen LogP contribution < -0.4 is 5.32 Å². The molecule has 3 heterocycles. The Labute approximate surface area is 185 Å². The largest absolute Gasteiger partial charge is 0.381 e. The molecule has 0 spiro atoms. The van der Waals surface area contributed by atoms with E-state index in [4.69, 9.17) is 4.74 Å². The summed E-state index contributed by atoms with van der Waals surface area (Å²) in [5.41, 5.74) is 4.00. The molecule has 2 aromatic rings. The second kappa shape index (κ2) is 9.79. The number of nitrogens with one attached hydrogen (secondary N) is 1. The van der Waals surface area contributed by atoms with Gasteiger partial charge in [0.25, 0.3) is 0 Å². The van der Waals surface area contributed by atoms with Crippen LogP contribution in [0.15, 0.2) is 36.4 Å². The molecule has 2 saturated heterocycles. The number of aromatic nitrogens is 2. The highest BCUT2D eigenvalue weighted by Gasteiger charge is 2.39. The van der Waals surface area contributed by atoms with Gasteiger partial charge in [-0.3, -0.25) is 9.69 Å². The number of piperidine rings is 1. The first kappa shape index (κ1) is 21.8. The predicted molar refractivity (Wildman–Crippen MR) is 123 cm³/mol. The lowest BCUT2D eigenvalue weighted by Gasteiger charge is -2.48. The summed E-state index contributed by atoms with van der Waals surface area (Å²) in [6.07, 6.45) is 9.33. The molecule has 0 aliphatic carbocycles. The third-order valence-corrected chi connectivity index (χ3v) is 6.79. The van der Waals surface area contributed by atoms with Gasteiger partial charge in [-0.15, -0.1) is 0 Å². The first-order chi connectivity index (χ1) is 15.1. The van der Waals surface area contributed by atoms with Gasteiger partial charge < -0.3 is 10.1 Å². The number of benzene rings is 1. The molecular weight excluding hydrogens is 388 g/mol. The van der Waals surface area contributed by atoms with E-state index in [0.29, 0.717) is 6.54 Å². The lowest BCUT2D eigenvalue weighted by Crippen LogP contribution is -2.59. The number of rotatable bonds is 6. The van der Waals surface area contributed by atoms with Crippen LogP contribution in [0.2, 0.25) is 0 Å². The fourth-order valence-electron chi connectivity index (χ4n) is 4.91. The first-order valence-corrected chi connectivity index (χ1v) is 11.5. The number of amides is 1. The maximum absolute atomic E-state index is 12.7. The number of ether oxygens (including phenoxy) is 1. The van der Waals surface area contributed by atoms with Gasteiger partial charge in [0, 0.05) is 42.6 Å². The monoisotopic (exact) mass is 422 g/mol. The van der Waals surface area contributed by atoms with Gasteiger partial charge in [-0.05, 0) is 70.8 Å². The zero-order valence-corrected chi connectivity index (χ0v) is 18.8. The van der Waals surface area contributed by atoms with Crippen molar-refractivity contribution < 1.29 is 9.53 Å². The standard InChI is InChI=1S/C25H34N4O2/c1-20-23(21(2)29(27-20)22-9-5-3-6-10-22)11-12-24(30)26-19-25(13-17-31-18-14-25)28-15-7-4-8-16-28/h3,5-6,9-12H,4,7-8,13-19H2,1-2H3,(H,26,30)/b12-11+. The summed E-state index contributed by atoms with van der Waals surface area (Å²) >= 11 is 0. The molecule has 2 aliphatic heterocycles. The van der Waals surface area contributed by atoms with Crippen LogP contribution in [0.5, 0.6) is 0 Å². The van der Waals surface area contributed by atoms with E-state index in [0.717, 1.165) is 61.8 Å². The zero-order chi connectivity index (χ0) is 21.7. The molecule has 6 nitrogen and oxygen atoms in total. The van der Waals surface area contributed by atoms with Crippen LogP contribution in [0.25, 0.3) is 11.8 Å². The molecular formula is C25H34N4O2. The second-order valence-corrected chi connectivity index (χ2v) is 8.77. The molecule has 0 unspecified atom stereocenters. The van der Waals surface area contributed by atoms with Gasteiger partial charge in [-0.1, -0.05) is 24.6 Å². The summed E-state index contributed by atoms with van der Waals surface area (Å²) in [6.45, 7) is 8.51. The molecule has 2 aliphatic rings. The maximum atomic E-state index is 12.7. The van der Waals surface area contributed by atoms with E-state index in [1.54, 1.807) is 6.08 Å². The number of aryl methyl sites for hydroxylation is 1. The first-order valence-electron chi connectivity index (χ1n) is 11.5.